The van der Waals surface area contributed by atoms with Crippen LogP contribution in [0.3, 0.4) is 0 Å². The predicted octanol–water partition coefficient (Wildman–Crippen LogP) is 0.248. The molecule has 0 saturated heterocycles. The van der Waals surface area contributed by atoms with Crippen molar-refractivity contribution in [2.75, 3.05) is 0 Å². The van der Waals surface area contributed by atoms with Crippen LogP contribution in [-0.2, 0) is 19.5 Å². The molecule has 0 aliphatic heterocycles. The standard InChI is InChI=1S/HNO2.Zn/c2-1-3;/h(H,2,3);/p-1. The normalized spacial score (nSPS) is 3.00. The van der Waals surface area contributed by atoms with Gasteiger partial charge in [0.15, 0.2) is 0 Å². The van der Waals surface area contributed by atoms with E-state index in [-0.39, 0.29) is 19.5 Å². The van der Waals surface area contributed by atoms with Gasteiger partial charge in [-0.15, -0.1) is 5.34 Å². The molecule has 3 nitrogen and oxygen atoms in total. The molecule has 0 unspecified atom stereocenters. The third-order valence-electron chi connectivity index (χ3n) is 0. The SMILES string of the molecule is O=N[O-].[Zn]. The molecule has 0 radical (unpaired) electrons. The number of hydrogen-bond donors (Lipinski definition) is 0. The quantitative estimate of drug-likeness (QED) is 0.256. The van der Waals surface area contributed by atoms with Crippen LogP contribution in [0.15, 0.2) is 5.34 Å². The van der Waals surface area contributed by atoms with E-state index in [1.807, 2.05) is 0 Å². The average Bonchev–Trinajstić information content (AvgIpc) is 0.918. The first-order chi connectivity index (χ1) is 1.41. The van der Waals surface area contributed by atoms with Crippen molar-refractivity contribution in [1.82, 2.24) is 0 Å². The topological polar surface area (TPSA) is 52.5 Å². The van der Waals surface area contributed by atoms with Crippen LogP contribution in [0.25, 0.3) is 0 Å². The van der Waals surface area contributed by atoms with Crippen molar-refractivity contribution >= 4 is 0 Å². The Morgan fingerprint density at radius 1 is 1.75 bits per heavy atom. The third-order valence-corrected chi connectivity index (χ3v) is 0. The molecule has 0 rings (SSSR count). The molecule has 4 heavy (non-hydrogen) atoms. The van der Waals surface area contributed by atoms with E-state index in [1.54, 1.807) is 0 Å². The molecule has 0 aromatic carbocycles. The summed E-state index contributed by atoms with van der Waals surface area (Å²) in [6, 6.07) is 0. The van der Waals surface area contributed by atoms with Crippen LogP contribution in [0.1, 0.15) is 0 Å². The van der Waals surface area contributed by atoms with Crippen molar-refractivity contribution in [1.29, 1.82) is 0 Å². The van der Waals surface area contributed by atoms with E-state index in [1.165, 1.54) is 0 Å². The van der Waals surface area contributed by atoms with Crippen LogP contribution < -0.4 is 0 Å². The van der Waals surface area contributed by atoms with E-state index < -0.39 is 0 Å². The summed E-state index contributed by atoms with van der Waals surface area (Å²) in [4.78, 5) is 8.00. The van der Waals surface area contributed by atoms with Crippen molar-refractivity contribution in [2.45, 2.75) is 0 Å². The van der Waals surface area contributed by atoms with E-state index in [2.05, 4.69) is 0 Å². The van der Waals surface area contributed by atoms with Crippen LogP contribution in [-0.4, -0.2) is 0 Å². The first-order valence-corrected chi connectivity index (χ1v) is 0.365. The van der Waals surface area contributed by atoms with E-state index in [0.29, 0.717) is 0 Å². The van der Waals surface area contributed by atoms with Crippen molar-refractivity contribution < 1.29 is 19.5 Å². The molecule has 0 aromatic heterocycles. The fourth-order valence-corrected chi connectivity index (χ4v) is 0. The Labute approximate surface area is 35.7 Å². The summed E-state index contributed by atoms with van der Waals surface area (Å²) in [6.45, 7) is 0. The van der Waals surface area contributed by atoms with Gasteiger partial charge >= 0.3 is 0 Å². The van der Waals surface area contributed by atoms with Crippen molar-refractivity contribution in [3.8, 4) is 0 Å². The van der Waals surface area contributed by atoms with Gasteiger partial charge in [0.25, 0.3) is 0 Å². The second kappa shape index (κ2) is 11.8. The minimum atomic E-state index is 0. The number of hydrogen-bond acceptors (Lipinski definition) is 3. The van der Waals surface area contributed by atoms with E-state index in [9.17, 15) is 0 Å². The Morgan fingerprint density at radius 3 is 1.75 bits per heavy atom. The molecule has 0 atom stereocenters. The molecule has 0 bridgehead atoms. The molecular formula is NO2Zn-. The smallest absolute Gasteiger partial charge is 0 e. The minimum Gasteiger partial charge on any atom is -0.444 e. The molecule has 0 N–H and O–H groups in total. The van der Waals surface area contributed by atoms with Crippen molar-refractivity contribution in [3.63, 3.8) is 0 Å². The van der Waals surface area contributed by atoms with E-state index in [4.69, 9.17) is 10.1 Å². The second-order valence-corrected chi connectivity index (χ2v) is 0.0745. The Hall–Kier alpha value is 0.0234. The first-order valence-electron chi connectivity index (χ1n) is 0.365. The van der Waals surface area contributed by atoms with Gasteiger partial charge in [0.05, 0.1) is 0 Å². The summed E-state index contributed by atoms with van der Waals surface area (Å²) in [5.41, 5.74) is 0. The number of nitrogens with zero attached hydrogens (tertiary/aromatic N) is 1. The van der Waals surface area contributed by atoms with Gasteiger partial charge in [0.1, 0.15) is 0 Å². The molecular weight excluding hydrogens is 111 g/mol. The summed E-state index contributed by atoms with van der Waals surface area (Å²) in [7, 11) is 0. The maximum Gasteiger partial charge on any atom is 0 e. The van der Waals surface area contributed by atoms with Gasteiger partial charge in [-0.2, -0.15) is 0 Å². The molecule has 0 aliphatic carbocycles. The molecule has 0 amide bonds. The Morgan fingerprint density at radius 2 is 1.75 bits per heavy atom. The first kappa shape index (κ1) is 8.98. The van der Waals surface area contributed by atoms with Gasteiger partial charge in [-0.1, -0.05) is 0 Å². The molecule has 0 aliphatic rings. The maximum atomic E-state index is 8.00. The Kier molecular flexibility index (Phi) is 26.5. The minimum absolute atomic E-state index is 0. The molecule has 20 valence electrons. The zero-order chi connectivity index (χ0) is 2.71. The molecule has 0 aromatic rings. The fourth-order valence-electron chi connectivity index (χ4n) is 0. The van der Waals surface area contributed by atoms with Gasteiger partial charge in [0, 0.05) is 19.5 Å². The Balaban J connectivity index is 0. The van der Waals surface area contributed by atoms with Crippen molar-refractivity contribution in [2.24, 2.45) is 5.34 Å². The second-order valence-electron chi connectivity index (χ2n) is 0.0745. The average molecular weight is 111 g/mol. The fraction of sp³-hybridized carbons (Fsp3) is 0. The van der Waals surface area contributed by atoms with Gasteiger partial charge < -0.3 is 10.1 Å². The summed E-state index contributed by atoms with van der Waals surface area (Å²) in [5, 5.41) is 9.00. The third kappa shape index (κ3) is 3880. The number of rotatable bonds is 0. The summed E-state index contributed by atoms with van der Waals surface area (Å²) in [5.74, 6) is 0. The Bertz CT molecular complexity index is 13.5. The van der Waals surface area contributed by atoms with E-state index >= 15 is 0 Å². The molecule has 0 heterocycles. The molecule has 0 fully saturated rings. The van der Waals surface area contributed by atoms with Crippen LogP contribution in [0.2, 0.25) is 0 Å². The van der Waals surface area contributed by atoms with Gasteiger partial charge in [0.2, 0.25) is 0 Å². The van der Waals surface area contributed by atoms with E-state index in [0.717, 1.165) is 5.34 Å². The summed E-state index contributed by atoms with van der Waals surface area (Å²) in [6.07, 6.45) is 0. The maximum absolute atomic E-state index is 8.00. The van der Waals surface area contributed by atoms with Crippen LogP contribution in [0.5, 0.6) is 0 Å². The van der Waals surface area contributed by atoms with Gasteiger partial charge in [-0.3, -0.25) is 0 Å². The van der Waals surface area contributed by atoms with Crippen LogP contribution in [0, 0.1) is 10.1 Å². The van der Waals surface area contributed by atoms with Crippen molar-refractivity contribution in [3.05, 3.63) is 10.1 Å². The predicted molar refractivity (Wildman–Crippen MR) is 9.16 cm³/mol. The zero-order valence-corrected chi connectivity index (χ0v) is 4.94. The largest absolute Gasteiger partial charge is 0.444 e. The van der Waals surface area contributed by atoms with Crippen LogP contribution in [0.4, 0.5) is 0 Å². The molecule has 4 heteroatoms. The van der Waals surface area contributed by atoms with Crippen LogP contribution >= 0.6 is 0 Å². The van der Waals surface area contributed by atoms with Gasteiger partial charge in [-0.25, -0.2) is 0 Å². The monoisotopic (exact) mass is 110 g/mol. The zero-order valence-electron chi connectivity index (χ0n) is 1.97. The summed E-state index contributed by atoms with van der Waals surface area (Å²) >= 11 is 0. The molecule has 0 spiro atoms. The van der Waals surface area contributed by atoms with Gasteiger partial charge in [-0.05, 0) is 0 Å². The summed E-state index contributed by atoms with van der Waals surface area (Å²) < 4.78 is 0. The molecule has 0 saturated carbocycles.